The molecule has 0 fully saturated rings. The fraction of sp³-hybridized carbons (Fsp3) is 0.462. The summed E-state index contributed by atoms with van der Waals surface area (Å²) < 4.78 is 0. The summed E-state index contributed by atoms with van der Waals surface area (Å²) in [6.45, 7) is 4.05. The summed E-state index contributed by atoms with van der Waals surface area (Å²) in [4.78, 5) is 11.0. The number of carboxylic acid groups (broad SMARTS) is 1. The zero-order valence-electron chi connectivity index (χ0n) is 9.36. The minimum Gasteiger partial charge on any atom is -0.481 e. The van der Waals surface area contributed by atoms with Crippen LogP contribution >= 0.6 is 0 Å². The first-order valence-electron chi connectivity index (χ1n) is 5.42. The van der Waals surface area contributed by atoms with Gasteiger partial charge in [-0.15, -0.1) is 0 Å². The maximum atomic E-state index is 11.0. The number of carboxylic acids is 1. The molecule has 0 aliphatic heterocycles. The summed E-state index contributed by atoms with van der Waals surface area (Å²) in [5.41, 5.74) is 2.33. The van der Waals surface area contributed by atoms with Crippen molar-refractivity contribution in [2.45, 2.75) is 33.1 Å². The molecule has 0 radical (unpaired) electrons. The topological polar surface area (TPSA) is 37.3 Å². The molecule has 1 atom stereocenters. The molecule has 0 amide bonds. The summed E-state index contributed by atoms with van der Waals surface area (Å²) in [5.74, 6) is -0.920. The Morgan fingerprint density at radius 3 is 2.60 bits per heavy atom. The molecule has 2 nitrogen and oxygen atoms in total. The predicted octanol–water partition coefficient (Wildman–Crippen LogP) is 3.04. The van der Waals surface area contributed by atoms with Gasteiger partial charge in [0.05, 0.1) is 5.92 Å². The molecule has 15 heavy (non-hydrogen) atoms. The van der Waals surface area contributed by atoms with E-state index in [-0.39, 0.29) is 5.92 Å². The number of rotatable bonds is 5. The Kier molecular flexibility index (Phi) is 4.35. The van der Waals surface area contributed by atoms with E-state index in [1.807, 2.05) is 38.1 Å². The lowest BCUT2D eigenvalue weighted by molar-refractivity contribution is -0.141. The highest BCUT2D eigenvalue weighted by Crippen LogP contribution is 2.17. The van der Waals surface area contributed by atoms with Crippen LogP contribution in [0.25, 0.3) is 0 Å². The first kappa shape index (κ1) is 11.8. The average Bonchev–Trinajstić information content (AvgIpc) is 2.20. The molecule has 2 heteroatoms. The van der Waals surface area contributed by atoms with Crippen LogP contribution in [-0.4, -0.2) is 11.1 Å². The second-order valence-corrected chi connectivity index (χ2v) is 3.95. The minimum atomic E-state index is -0.680. The van der Waals surface area contributed by atoms with E-state index in [9.17, 15) is 4.79 Å². The van der Waals surface area contributed by atoms with Crippen molar-refractivity contribution >= 4 is 5.97 Å². The third-order valence-electron chi connectivity index (χ3n) is 2.71. The van der Waals surface area contributed by atoms with Gasteiger partial charge >= 0.3 is 5.97 Å². The molecule has 0 aromatic heterocycles. The Balaban J connectivity index is 2.74. The normalized spacial score (nSPS) is 12.4. The Hall–Kier alpha value is -1.31. The summed E-state index contributed by atoms with van der Waals surface area (Å²) in [5, 5.41) is 9.06. The highest BCUT2D eigenvalue weighted by molar-refractivity contribution is 5.70. The first-order valence-corrected chi connectivity index (χ1v) is 5.42. The Morgan fingerprint density at radius 2 is 2.07 bits per heavy atom. The van der Waals surface area contributed by atoms with E-state index < -0.39 is 5.97 Å². The van der Waals surface area contributed by atoms with E-state index in [1.54, 1.807) is 0 Å². The molecule has 1 aromatic carbocycles. The number of aryl methyl sites for hydroxylation is 1. The molecule has 0 heterocycles. The lowest BCUT2D eigenvalue weighted by atomic mass is 9.93. The fourth-order valence-corrected chi connectivity index (χ4v) is 1.77. The van der Waals surface area contributed by atoms with E-state index in [2.05, 4.69) is 0 Å². The SMILES string of the molecule is CCCC(Cc1ccccc1C)C(=O)O. The monoisotopic (exact) mass is 206 g/mol. The second kappa shape index (κ2) is 5.54. The Morgan fingerprint density at radius 1 is 1.40 bits per heavy atom. The van der Waals surface area contributed by atoms with Crippen LogP contribution in [0.1, 0.15) is 30.9 Å². The van der Waals surface area contributed by atoms with Crippen LogP contribution in [0.15, 0.2) is 24.3 Å². The number of aliphatic carboxylic acids is 1. The lowest BCUT2D eigenvalue weighted by Gasteiger charge is -2.12. The molecule has 1 rings (SSSR count). The lowest BCUT2D eigenvalue weighted by Crippen LogP contribution is -2.16. The van der Waals surface area contributed by atoms with Crippen molar-refractivity contribution in [1.82, 2.24) is 0 Å². The van der Waals surface area contributed by atoms with Gasteiger partial charge in [0.25, 0.3) is 0 Å². The molecule has 0 saturated carbocycles. The van der Waals surface area contributed by atoms with Crippen LogP contribution in [0.3, 0.4) is 0 Å². The van der Waals surface area contributed by atoms with Crippen molar-refractivity contribution < 1.29 is 9.90 Å². The van der Waals surface area contributed by atoms with Gasteiger partial charge < -0.3 is 5.11 Å². The van der Waals surface area contributed by atoms with Crippen molar-refractivity contribution in [3.63, 3.8) is 0 Å². The van der Waals surface area contributed by atoms with Crippen LogP contribution in [0, 0.1) is 12.8 Å². The van der Waals surface area contributed by atoms with Gasteiger partial charge in [-0.05, 0) is 30.9 Å². The standard InChI is InChI=1S/C13H18O2/c1-3-6-12(13(14)15)9-11-8-5-4-7-10(11)2/h4-5,7-8,12H,3,6,9H2,1-2H3,(H,14,15). The van der Waals surface area contributed by atoms with Crippen LogP contribution in [0.2, 0.25) is 0 Å². The van der Waals surface area contributed by atoms with E-state index in [0.717, 1.165) is 18.4 Å². The average molecular weight is 206 g/mol. The third-order valence-corrected chi connectivity index (χ3v) is 2.71. The highest BCUT2D eigenvalue weighted by Gasteiger charge is 2.17. The minimum absolute atomic E-state index is 0.240. The molecule has 1 unspecified atom stereocenters. The Bertz CT molecular complexity index is 331. The van der Waals surface area contributed by atoms with Crippen molar-refractivity contribution in [1.29, 1.82) is 0 Å². The smallest absolute Gasteiger partial charge is 0.306 e. The van der Waals surface area contributed by atoms with Crippen molar-refractivity contribution in [3.8, 4) is 0 Å². The molecule has 0 saturated heterocycles. The van der Waals surface area contributed by atoms with Gasteiger partial charge in [-0.1, -0.05) is 37.6 Å². The van der Waals surface area contributed by atoms with Gasteiger partial charge in [0.1, 0.15) is 0 Å². The largest absolute Gasteiger partial charge is 0.481 e. The van der Waals surface area contributed by atoms with Crippen LogP contribution in [-0.2, 0) is 11.2 Å². The summed E-state index contributed by atoms with van der Waals surface area (Å²) in [6.07, 6.45) is 2.32. The number of benzene rings is 1. The maximum Gasteiger partial charge on any atom is 0.306 e. The van der Waals surface area contributed by atoms with Crippen molar-refractivity contribution in [2.24, 2.45) is 5.92 Å². The zero-order valence-corrected chi connectivity index (χ0v) is 9.36. The van der Waals surface area contributed by atoms with Crippen molar-refractivity contribution in [3.05, 3.63) is 35.4 Å². The maximum absolute atomic E-state index is 11.0. The molecule has 0 aliphatic carbocycles. The molecule has 0 spiro atoms. The number of hydrogen-bond acceptors (Lipinski definition) is 1. The molecule has 0 bridgehead atoms. The van der Waals surface area contributed by atoms with E-state index >= 15 is 0 Å². The van der Waals surface area contributed by atoms with Gasteiger partial charge in [-0.25, -0.2) is 0 Å². The molecule has 1 aromatic rings. The molecular weight excluding hydrogens is 188 g/mol. The number of hydrogen-bond donors (Lipinski definition) is 1. The molecule has 1 N–H and O–H groups in total. The Labute approximate surface area is 90.9 Å². The zero-order chi connectivity index (χ0) is 11.3. The van der Waals surface area contributed by atoms with E-state index in [1.165, 1.54) is 5.56 Å². The van der Waals surface area contributed by atoms with Gasteiger partial charge in [-0.2, -0.15) is 0 Å². The fourth-order valence-electron chi connectivity index (χ4n) is 1.77. The predicted molar refractivity (Wildman–Crippen MR) is 60.9 cm³/mol. The molecule has 0 aliphatic rings. The summed E-state index contributed by atoms with van der Waals surface area (Å²) >= 11 is 0. The highest BCUT2D eigenvalue weighted by atomic mass is 16.4. The summed E-state index contributed by atoms with van der Waals surface area (Å²) in [6, 6.07) is 7.99. The van der Waals surface area contributed by atoms with E-state index in [0.29, 0.717) is 6.42 Å². The van der Waals surface area contributed by atoms with E-state index in [4.69, 9.17) is 5.11 Å². The van der Waals surface area contributed by atoms with Gasteiger partial charge in [0, 0.05) is 0 Å². The quantitative estimate of drug-likeness (QED) is 0.804. The van der Waals surface area contributed by atoms with Crippen LogP contribution in [0.5, 0.6) is 0 Å². The van der Waals surface area contributed by atoms with Crippen molar-refractivity contribution in [2.75, 3.05) is 0 Å². The van der Waals surface area contributed by atoms with Crippen LogP contribution < -0.4 is 0 Å². The van der Waals surface area contributed by atoms with Gasteiger partial charge in [-0.3, -0.25) is 4.79 Å². The summed E-state index contributed by atoms with van der Waals surface area (Å²) in [7, 11) is 0. The van der Waals surface area contributed by atoms with Gasteiger partial charge in [0.15, 0.2) is 0 Å². The van der Waals surface area contributed by atoms with Crippen LogP contribution in [0.4, 0.5) is 0 Å². The third kappa shape index (κ3) is 3.39. The molecular formula is C13H18O2. The first-order chi connectivity index (χ1) is 7.15. The second-order valence-electron chi connectivity index (χ2n) is 3.95. The molecule has 82 valence electrons. The van der Waals surface area contributed by atoms with Gasteiger partial charge in [0.2, 0.25) is 0 Å². The number of carbonyl (C=O) groups is 1.